The molecule has 0 fully saturated rings. The Morgan fingerprint density at radius 3 is 2.60 bits per heavy atom. The van der Waals surface area contributed by atoms with Crippen molar-refractivity contribution in [2.24, 2.45) is 0 Å². The van der Waals surface area contributed by atoms with Gasteiger partial charge in [0.05, 0.1) is 34.6 Å². The van der Waals surface area contributed by atoms with Gasteiger partial charge in [0.2, 0.25) is 0 Å². The van der Waals surface area contributed by atoms with Crippen LogP contribution in [0.25, 0.3) is 21.3 Å². The number of thiazole rings is 1. The highest BCUT2D eigenvalue weighted by molar-refractivity contribution is 7.22. The molecule has 0 aliphatic carbocycles. The summed E-state index contributed by atoms with van der Waals surface area (Å²) in [6, 6.07) is 10.2. The van der Waals surface area contributed by atoms with Gasteiger partial charge >= 0.3 is 5.97 Å². The van der Waals surface area contributed by atoms with Gasteiger partial charge in [-0.15, -0.1) is 0 Å². The molecule has 1 N–H and O–H groups in total. The zero-order chi connectivity index (χ0) is 17.4. The highest BCUT2D eigenvalue weighted by atomic mass is 32.1. The van der Waals surface area contributed by atoms with E-state index in [9.17, 15) is 9.59 Å². The van der Waals surface area contributed by atoms with Crippen LogP contribution in [0, 0.1) is 0 Å². The number of anilines is 1. The Bertz CT molecular complexity index is 1120. The van der Waals surface area contributed by atoms with Gasteiger partial charge < -0.3 is 4.74 Å². The molecule has 25 heavy (non-hydrogen) atoms. The first kappa shape index (κ1) is 15.6. The summed E-state index contributed by atoms with van der Waals surface area (Å²) in [5.41, 5.74) is 3.07. The predicted octanol–water partition coefficient (Wildman–Crippen LogP) is 3.34. The van der Waals surface area contributed by atoms with Crippen LogP contribution in [0.4, 0.5) is 5.13 Å². The van der Waals surface area contributed by atoms with Crippen molar-refractivity contribution in [3.63, 3.8) is 0 Å². The largest absolute Gasteiger partial charge is 0.465 e. The zero-order valence-electron chi connectivity index (χ0n) is 12.8. The van der Waals surface area contributed by atoms with Gasteiger partial charge in [-0.1, -0.05) is 11.3 Å². The van der Waals surface area contributed by atoms with Crippen LogP contribution in [0.2, 0.25) is 0 Å². The van der Waals surface area contributed by atoms with Gasteiger partial charge in [0.25, 0.3) is 5.91 Å². The van der Waals surface area contributed by atoms with Gasteiger partial charge in [-0.2, -0.15) is 8.75 Å². The molecule has 9 heteroatoms. The topological polar surface area (TPSA) is 94.1 Å². The van der Waals surface area contributed by atoms with Crippen molar-refractivity contribution in [2.45, 2.75) is 0 Å². The number of hydrogen-bond donors (Lipinski definition) is 1. The number of carbonyl (C=O) groups excluding carboxylic acids is 2. The van der Waals surface area contributed by atoms with Crippen LogP contribution in [0.1, 0.15) is 20.7 Å². The summed E-state index contributed by atoms with van der Waals surface area (Å²) in [5, 5.41) is 3.23. The summed E-state index contributed by atoms with van der Waals surface area (Å²) in [6.45, 7) is 0. The predicted molar refractivity (Wildman–Crippen MR) is 96.3 cm³/mol. The molecule has 2 heterocycles. The molecular formula is C16H10N4O3S2. The third-order valence-corrected chi connectivity index (χ3v) is 5.04. The lowest BCUT2D eigenvalue weighted by Crippen LogP contribution is -2.11. The molecule has 2 aromatic carbocycles. The summed E-state index contributed by atoms with van der Waals surface area (Å²) >= 11 is 2.40. The monoisotopic (exact) mass is 370 g/mol. The standard InChI is InChI=1S/C16H10N4O3S2/c1-23-15(22)9-3-5-11-13(7-9)24-16(17-11)18-14(21)8-2-4-10-12(6-8)20-25-19-10/h2-7H,1H3,(H,17,18,21). The molecule has 0 bridgehead atoms. The summed E-state index contributed by atoms with van der Waals surface area (Å²) in [4.78, 5) is 28.4. The van der Waals surface area contributed by atoms with E-state index in [1.54, 1.807) is 36.4 Å². The van der Waals surface area contributed by atoms with E-state index in [1.807, 2.05) is 0 Å². The first-order valence-corrected chi connectivity index (χ1v) is 8.71. The second kappa shape index (κ2) is 6.19. The second-order valence-corrected chi connectivity index (χ2v) is 6.67. The summed E-state index contributed by atoms with van der Waals surface area (Å²) in [7, 11) is 1.33. The van der Waals surface area contributed by atoms with Crippen LogP contribution in [-0.4, -0.2) is 32.7 Å². The Hall–Kier alpha value is -2.91. The quantitative estimate of drug-likeness (QED) is 0.556. The number of rotatable bonds is 3. The first-order chi connectivity index (χ1) is 12.1. The van der Waals surface area contributed by atoms with Crippen molar-refractivity contribution >= 4 is 61.3 Å². The van der Waals surface area contributed by atoms with Gasteiger partial charge in [0.1, 0.15) is 11.0 Å². The fourth-order valence-corrected chi connectivity index (χ4v) is 3.73. The number of nitrogens with zero attached hydrogens (tertiary/aromatic N) is 3. The van der Waals surface area contributed by atoms with Crippen LogP contribution in [0.3, 0.4) is 0 Å². The van der Waals surface area contributed by atoms with Crippen molar-refractivity contribution in [3.05, 3.63) is 47.5 Å². The lowest BCUT2D eigenvalue weighted by molar-refractivity contribution is 0.0601. The summed E-state index contributed by atoms with van der Waals surface area (Å²) in [6.07, 6.45) is 0. The molecule has 4 rings (SSSR count). The summed E-state index contributed by atoms with van der Waals surface area (Å²) < 4.78 is 13.7. The Labute approximate surface area is 149 Å². The summed E-state index contributed by atoms with van der Waals surface area (Å²) in [5.74, 6) is -0.687. The maximum atomic E-state index is 12.4. The fraction of sp³-hybridized carbons (Fsp3) is 0.0625. The first-order valence-electron chi connectivity index (χ1n) is 7.16. The van der Waals surface area contributed by atoms with E-state index in [1.165, 1.54) is 18.4 Å². The van der Waals surface area contributed by atoms with Crippen molar-refractivity contribution in [2.75, 3.05) is 12.4 Å². The van der Waals surface area contributed by atoms with Crippen LogP contribution >= 0.6 is 23.1 Å². The third-order valence-electron chi connectivity index (χ3n) is 3.55. The Kier molecular flexibility index (Phi) is 3.86. The average Bonchev–Trinajstić information content (AvgIpc) is 3.25. The number of methoxy groups -OCH3 is 1. The number of esters is 1. The Balaban J connectivity index is 1.60. The van der Waals surface area contributed by atoms with Crippen molar-refractivity contribution in [1.29, 1.82) is 0 Å². The number of nitrogens with one attached hydrogen (secondary N) is 1. The maximum absolute atomic E-state index is 12.4. The number of ether oxygens (including phenoxy) is 1. The minimum atomic E-state index is -0.411. The molecule has 7 nitrogen and oxygen atoms in total. The molecule has 0 aliphatic heterocycles. The lowest BCUT2D eigenvalue weighted by atomic mass is 10.2. The number of aromatic nitrogens is 3. The van der Waals surface area contributed by atoms with E-state index >= 15 is 0 Å². The second-order valence-electron chi connectivity index (χ2n) is 5.11. The van der Waals surface area contributed by atoms with E-state index < -0.39 is 5.97 Å². The minimum Gasteiger partial charge on any atom is -0.465 e. The van der Waals surface area contributed by atoms with Crippen LogP contribution in [-0.2, 0) is 4.74 Å². The number of carbonyl (C=O) groups is 2. The van der Waals surface area contributed by atoms with Crippen molar-refractivity contribution in [3.8, 4) is 0 Å². The average molecular weight is 370 g/mol. The number of benzene rings is 2. The molecule has 1 amide bonds. The molecule has 0 radical (unpaired) electrons. The van der Waals surface area contributed by atoms with E-state index in [-0.39, 0.29) is 5.91 Å². The van der Waals surface area contributed by atoms with Crippen molar-refractivity contribution in [1.82, 2.24) is 13.7 Å². The van der Waals surface area contributed by atoms with Crippen molar-refractivity contribution < 1.29 is 14.3 Å². The number of amides is 1. The van der Waals surface area contributed by atoms with Gasteiger partial charge in [0.15, 0.2) is 5.13 Å². The molecule has 0 spiro atoms. The number of fused-ring (bicyclic) bond motifs is 2. The molecule has 0 saturated carbocycles. The molecule has 124 valence electrons. The maximum Gasteiger partial charge on any atom is 0.337 e. The molecule has 4 aromatic rings. The van der Waals surface area contributed by atoms with Gasteiger partial charge in [0, 0.05) is 5.56 Å². The SMILES string of the molecule is COC(=O)c1ccc2nc(NC(=O)c3ccc4nsnc4c3)sc2c1. The molecule has 0 saturated heterocycles. The van der Waals surface area contributed by atoms with Gasteiger partial charge in [-0.25, -0.2) is 9.78 Å². The lowest BCUT2D eigenvalue weighted by Gasteiger charge is -2.00. The van der Waals surface area contributed by atoms with E-state index in [4.69, 9.17) is 4.74 Å². The third kappa shape index (κ3) is 2.94. The molecule has 0 atom stereocenters. The Morgan fingerprint density at radius 1 is 1.00 bits per heavy atom. The zero-order valence-corrected chi connectivity index (χ0v) is 14.5. The smallest absolute Gasteiger partial charge is 0.337 e. The fourth-order valence-electron chi connectivity index (χ4n) is 2.32. The van der Waals surface area contributed by atoms with Crippen LogP contribution in [0.15, 0.2) is 36.4 Å². The molecule has 2 aromatic heterocycles. The van der Waals surface area contributed by atoms with Crippen LogP contribution in [0.5, 0.6) is 0 Å². The van der Waals surface area contributed by atoms with Gasteiger partial charge in [-0.05, 0) is 36.4 Å². The normalized spacial score (nSPS) is 10.9. The Morgan fingerprint density at radius 2 is 1.76 bits per heavy atom. The highest BCUT2D eigenvalue weighted by Gasteiger charge is 2.13. The van der Waals surface area contributed by atoms with Crippen LogP contribution < -0.4 is 5.32 Å². The molecule has 0 aliphatic rings. The van der Waals surface area contributed by atoms with E-state index in [0.717, 1.165) is 21.9 Å². The number of hydrogen-bond acceptors (Lipinski definition) is 8. The molecular weight excluding hydrogens is 360 g/mol. The van der Waals surface area contributed by atoms with E-state index in [2.05, 4.69) is 19.0 Å². The van der Waals surface area contributed by atoms with Gasteiger partial charge in [-0.3, -0.25) is 10.1 Å². The minimum absolute atomic E-state index is 0.276. The van der Waals surface area contributed by atoms with E-state index in [0.29, 0.717) is 27.3 Å². The highest BCUT2D eigenvalue weighted by Crippen LogP contribution is 2.27. The molecule has 0 unspecified atom stereocenters.